The van der Waals surface area contributed by atoms with Crippen molar-refractivity contribution in [2.24, 2.45) is 0 Å². The number of fused-ring (bicyclic) bond motifs is 1. The summed E-state index contributed by atoms with van der Waals surface area (Å²) in [6.45, 7) is 6.62. The average molecular weight is 198 g/mol. The Morgan fingerprint density at radius 1 is 0.867 bits per heavy atom. The molecule has 0 atom stereocenters. The van der Waals surface area contributed by atoms with Gasteiger partial charge in [-0.15, -0.1) is 0 Å². The van der Waals surface area contributed by atoms with Crippen LogP contribution in [0.2, 0.25) is 0 Å². The molecule has 0 nitrogen and oxygen atoms in total. The fourth-order valence-electron chi connectivity index (χ4n) is 2.13. The molecule has 0 heteroatoms. The zero-order chi connectivity index (χ0) is 10.8. The first-order chi connectivity index (χ1) is 7.26. The van der Waals surface area contributed by atoms with Gasteiger partial charge in [0.25, 0.3) is 0 Å². The van der Waals surface area contributed by atoms with E-state index in [1.807, 2.05) is 0 Å². The van der Waals surface area contributed by atoms with Gasteiger partial charge < -0.3 is 0 Å². The first-order valence-electron chi connectivity index (χ1n) is 5.77. The minimum absolute atomic E-state index is 1.11. The fourth-order valence-corrected chi connectivity index (χ4v) is 2.13. The SMILES string of the molecule is CCc1ccc2c(CC)ccc(C)c2c1. The van der Waals surface area contributed by atoms with E-state index < -0.39 is 0 Å². The molecule has 0 radical (unpaired) electrons. The predicted octanol–water partition coefficient (Wildman–Crippen LogP) is 4.27. The molecule has 0 aliphatic carbocycles. The van der Waals surface area contributed by atoms with Gasteiger partial charge in [-0.1, -0.05) is 44.2 Å². The van der Waals surface area contributed by atoms with E-state index in [0.29, 0.717) is 0 Å². The van der Waals surface area contributed by atoms with E-state index >= 15 is 0 Å². The van der Waals surface area contributed by atoms with Crippen LogP contribution in [-0.2, 0) is 12.8 Å². The molecule has 15 heavy (non-hydrogen) atoms. The van der Waals surface area contributed by atoms with Crippen molar-refractivity contribution in [3.8, 4) is 0 Å². The quantitative estimate of drug-likeness (QED) is 0.676. The molecule has 0 aliphatic heterocycles. The molecule has 0 N–H and O–H groups in total. The maximum atomic E-state index is 2.34. The van der Waals surface area contributed by atoms with E-state index in [1.165, 1.54) is 27.5 Å². The highest BCUT2D eigenvalue weighted by atomic mass is 14.1. The highest BCUT2D eigenvalue weighted by molar-refractivity contribution is 5.89. The summed E-state index contributed by atoms with van der Waals surface area (Å²) in [6.07, 6.45) is 2.23. The molecule has 0 amide bonds. The number of benzene rings is 2. The van der Waals surface area contributed by atoms with Crippen molar-refractivity contribution in [3.63, 3.8) is 0 Å². The second kappa shape index (κ2) is 4.06. The molecule has 0 aliphatic rings. The van der Waals surface area contributed by atoms with Gasteiger partial charge in [0.05, 0.1) is 0 Å². The molecule has 0 heterocycles. The Balaban J connectivity index is 2.75. The molecule has 0 spiro atoms. The number of rotatable bonds is 2. The van der Waals surface area contributed by atoms with Gasteiger partial charge in [-0.2, -0.15) is 0 Å². The molecule has 0 saturated carbocycles. The summed E-state index contributed by atoms with van der Waals surface area (Å²) < 4.78 is 0. The molecule has 0 saturated heterocycles. The Morgan fingerprint density at radius 2 is 1.67 bits per heavy atom. The van der Waals surface area contributed by atoms with Crippen molar-refractivity contribution >= 4 is 10.8 Å². The molecule has 0 aromatic heterocycles. The first kappa shape index (κ1) is 10.2. The normalized spacial score (nSPS) is 10.9. The minimum atomic E-state index is 1.11. The van der Waals surface area contributed by atoms with Crippen LogP contribution in [0.4, 0.5) is 0 Å². The van der Waals surface area contributed by atoms with Crippen LogP contribution in [0.15, 0.2) is 30.3 Å². The van der Waals surface area contributed by atoms with Gasteiger partial charge >= 0.3 is 0 Å². The van der Waals surface area contributed by atoms with Crippen LogP contribution in [-0.4, -0.2) is 0 Å². The van der Waals surface area contributed by atoms with Crippen LogP contribution in [0.1, 0.15) is 30.5 Å². The summed E-state index contributed by atoms with van der Waals surface area (Å²) in [4.78, 5) is 0. The van der Waals surface area contributed by atoms with Crippen LogP contribution < -0.4 is 0 Å². The van der Waals surface area contributed by atoms with Gasteiger partial charge in [-0.3, -0.25) is 0 Å². The summed E-state index contributed by atoms with van der Waals surface area (Å²) in [7, 11) is 0. The van der Waals surface area contributed by atoms with Crippen LogP contribution >= 0.6 is 0 Å². The third kappa shape index (κ3) is 1.77. The minimum Gasteiger partial charge on any atom is -0.0613 e. The maximum Gasteiger partial charge on any atom is -0.0149 e. The van der Waals surface area contributed by atoms with Crippen LogP contribution in [0.3, 0.4) is 0 Å². The highest BCUT2D eigenvalue weighted by Gasteiger charge is 2.02. The van der Waals surface area contributed by atoms with Gasteiger partial charge in [-0.05, 0) is 47.2 Å². The van der Waals surface area contributed by atoms with E-state index in [9.17, 15) is 0 Å². The summed E-state index contributed by atoms with van der Waals surface area (Å²) >= 11 is 0. The Labute approximate surface area is 91.9 Å². The molecular formula is C15H18. The molecule has 0 bridgehead atoms. The van der Waals surface area contributed by atoms with Gasteiger partial charge in [0.2, 0.25) is 0 Å². The largest absolute Gasteiger partial charge is 0.0613 e. The standard InChI is InChI=1S/C15H18/c1-4-12-7-9-14-13(5-2)8-6-11(3)15(14)10-12/h6-10H,4-5H2,1-3H3. The lowest BCUT2D eigenvalue weighted by Crippen LogP contribution is -1.88. The third-order valence-corrected chi connectivity index (χ3v) is 3.18. The topological polar surface area (TPSA) is 0 Å². The number of aryl methyl sites for hydroxylation is 3. The predicted molar refractivity (Wildman–Crippen MR) is 67.4 cm³/mol. The summed E-state index contributed by atoms with van der Waals surface area (Å²) in [5.74, 6) is 0. The van der Waals surface area contributed by atoms with Crippen LogP contribution in [0.25, 0.3) is 10.8 Å². The maximum absolute atomic E-state index is 2.34. The van der Waals surface area contributed by atoms with Crippen LogP contribution in [0.5, 0.6) is 0 Å². The monoisotopic (exact) mass is 198 g/mol. The Morgan fingerprint density at radius 3 is 2.33 bits per heavy atom. The average Bonchev–Trinajstić information content (AvgIpc) is 2.29. The first-order valence-corrected chi connectivity index (χ1v) is 5.77. The van der Waals surface area contributed by atoms with Crippen molar-refractivity contribution in [3.05, 3.63) is 47.0 Å². The Hall–Kier alpha value is -1.30. The molecule has 0 unspecified atom stereocenters. The molecule has 78 valence electrons. The third-order valence-electron chi connectivity index (χ3n) is 3.18. The van der Waals surface area contributed by atoms with E-state index in [0.717, 1.165) is 12.8 Å². The van der Waals surface area contributed by atoms with Crippen LogP contribution in [0, 0.1) is 6.92 Å². The smallest absolute Gasteiger partial charge is 0.0149 e. The number of hydrogen-bond acceptors (Lipinski definition) is 0. The second-order valence-electron chi connectivity index (χ2n) is 4.13. The van der Waals surface area contributed by atoms with Gasteiger partial charge in [-0.25, -0.2) is 0 Å². The fraction of sp³-hybridized carbons (Fsp3) is 0.333. The van der Waals surface area contributed by atoms with Gasteiger partial charge in [0.1, 0.15) is 0 Å². The van der Waals surface area contributed by atoms with Gasteiger partial charge in [0, 0.05) is 0 Å². The summed E-state index contributed by atoms with van der Waals surface area (Å²) in [5.41, 5.74) is 4.27. The van der Waals surface area contributed by atoms with Crippen molar-refractivity contribution in [1.29, 1.82) is 0 Å². The van der Waals surface area contributed by atoms with Crippen molar-refractivity contribution < 1.29 is 0 Å². The van der Waals surface area contributed by atoms with Crippen molar-refractivity contribution in [2.75, 3.05) is 0 Å². The molecule has 2 aromatic rings. The summed E-state index contributed by atoms with van der Waals surface area (Å²) in [6, 6.07) is 11.4. The van der Waals surface area contributed by atoms with E-state index in [1.54, 1.807) is 0 Å². The van der Waals surface area contributed by atoms with Gasteiger partial charge in [0.15, 0.2) is 0 Å². The van der Waals surface area contributed by atoms with E-state index in [4.69, 9.17) is 0 Å². The molecular weight excluding hydrogens is 180 g/mol. The Kier molecular flexibility index (Phi) is 2.77. The lowest BCUT2D eigenvalue weighted by molar-refractivity contribution is 1.14. The summed E-state index contributed by atoms with van der Waals surface area (Å²) in [5, 5.41) is 2.85. The van der Waals surface area contributed by atoms with Crippen molar-refractivity contribution in [1.82, 2.24) is 0 Å². The zero-order valence-electron chi connectivity index (χ0n) is 9.80. The van der Waals surface area contributed by atoms with E-state index in [-0.39, 0.29) is 0 Å². The zero-order valence-corrected chi connectivity index (χ0v) is 9.80. The second-order valence-corrected chi connectivity index (χ2v) is 4.13. The molecule has 0 fully saturated rings. The lowest BCUT2D eigenvalue weighted by Gasteiger charge is -2.08. The molecule has 2 aromatic carbocycles. The Bertz CT molecular complexity index is 481. The van der Waals surface area contributed by atoms with E-state index in [2.05, 4.69) is 51.1 Å². The molecule has 2 rings (SSSR count). The lowest BCUT2D eigenvalue weighted by atomic mass is 9.96. The van der Waals surface area contributed by atoms with Crippen molar-refractivity contribution in [2.45, 2.75) is 33.6 Å². The highest BCUT2D eigenvalue weighted by Crippen LogP contribution is 2.24. The number of hydrogen-bond donors (Lipinski definition) is 0.